The second-order valence-electron chi connectivity index (χ2n) is 7.47. The number of anilines is 1. The number of H-pyrrole nitrogens is 1. The van der Waals surface area contributed by atoms with Crippen LogP contribution in [-0.2, 0) is 6.42 Å². The summed E-state index contributed by atoms with van der Waals surface area (Å²) in [5.74, 6) is -1.32. The Labute approximate surface area is 162 Å². The van der Waals surface area contributed by atoms with Crippen LogP contribution < -0.4 is 15.2 Å². The molecule has 1 unspecified atom stereocenters. The summed E-state index contributed by atoms with van der Waals surface area (Å²) in [5.41, 5.74) is 1.03. The molecule has 1 saturated heterocycles. The molecule has 8 heteroatoms. The number of ether oxygens (including phenoxy) is 1. The molecule has 0 saturated carbocycles. The van der Waals surface area contributed by atoms with Gasteiger partial charge in [-0.25, -0.2) is 4.79 Å². The molecule has 0 radical (unpaired) electrons. The van der Waals surface area contributed by atoms with E-state index >= 15 is 0 Å². The number of hydrogen-bond acceptors (Lipinski definition) is 6. The first-order valence-corrected chi connectivity index (χ1v) is 9.27. The van der Waals surface area contributed by atoms with Gasteiger partial charge in [0.15, 0.2) is 5.56 Å². The SMILES string of the molecule is CN(C)C1CCN(c2ccc3c(c2)OCCc2c-3[nH]c(=O)c(C(=O)O)c2O)C1. The van der Waals surface area contributed by atoms with Gasteiger partial charge in [0.25, 0.3) is 5.56 Å². The molecule has 0 aliphatic carbocycles. The maximum Gasteiger partial charge on any atom is 0.345 e. The summed E-state index contributed by atoms with van der Waals surface area (Å²) < 4.78 is 5.88. The number of aromatic amines is 1. The number of carboxylic acids is 1. The Kier molecular flexibility index (Phi) is 4.50. The first kappa shape index (κ1) is 18.4. The molecule has 1 aromatic heterocycles. The number of pyridine rings is 1. The monoisotopic (exact) mass is 385 g/mol. The first-order valence-electron chi connectivity index (χ1n) is 9.27. The van der Waals surface area contributed by atoms with Gasteiger partial charge in [-0.1, -0.05) is 0 Å². The summed E-state index contributed by atoms with van der Waals surface area (Å²) in [6.07, 6.45) is 1.39. The molecule has 8 nitrogen and oxygen atoms in total. The van der Waals surface area contributed by atoms with E-state index < -0.39 is 22.8 Å². The van der Waals surface area contributed by atoms with Crippen molar-refractivity contribution in [2.45, 2.75) is 18.9 Å². The largest absolute Gasteiger partial charge is 0.506 e. The molecule has 2 aliphatic heterocycles. The van der Waals surface area contributed by atoms with E-state index in [1.54, 1.807) is 0 Å². The number of carboxylic acid groups (broad SMARTS) is 1. The minimum atomic E-state index is -1.45. The van der Waals surface area contributed by atoms with E-state index in [1.807, 2.05) is 18.2 Å². The highest BCUT2D eigenvalue weighted by molar-refractivity contribution is 5.92. The van der Waals surface area contributed by atoms with Crippen LogP contribution in [0.4, 0.5) is 5.69 Å². The van der Waals surface area contributed by atoms with Gasteiger partial charge in [-0.15, -0.1) is 0 Å². The van der Waals surface area contributed by atoms with Gasteiger partial charge in [0.1, 0.15) is 11.5 Å². The molecule has 1 atom stereocenters. The van der Waals surface area contributed by atoms with E-state index in [1.165, 1.54) is 0 Å². The summed E-state index contributed by atoms with van der Waals surface area (Å²) in [5, 5.41) is 19.6. The van der Waals surface area contributed by atoms with Gasteiger partial charge in [-0.05, 0) is 32.6 Å². The smallest absolute Gasteiger partial charge is 0.345 e. The van der Waals surface area contributed by atoms with Crippen molar-refractivity contribution in [3.05, 3.63) is 39.7 Å². The van der Waals surface area contributed by atoms with Crippen molar-refractivity contribution >= 4 is 11.7 Å². The van der Waals surface area contributed by atoms with Crippen molar-refractivity contribution in [3.8, 4) is 22.8 Å². The van der Waals surface area contributed by atoms with E-state index in [0.717, 1.165) is 25.2 Å². The van der Waals surface area contributed by atoms with Crippen LogP contribution in [0.3, 0.4) is 0 Å². The third-order valence-corrected chi connectivity index (χ3v) is 5.61. The van der Waals surface area contributed by atoms with Crippen molar-refractivity contribution < 1.29 is 19.7 Å². The number of aromatic carboxylic acids is 1. The lowest BCUT2D eigenvalue weighted by molar-refractivity contribution is 0.0691. The number of fused-ring (bicyclic) bond motifs is 3. The minimum Gasteiger partial charge on any atom is -0.506 e. The third-order valence-electron chi connectivity index (χ3n) is 5.61. The normalized spacial score (nSPS) is 18.4. The van der Waals surface area contributed by atoms with Gasteiger partial charge in [-0.2, -0.15) is 0 Å². The zero-order valence-corrected chi connectivity index (χ0v) is 15.9. The topological polar surface area (TPSA) is 106 Å². The molecular weight excluding hydrogens is 362 g/mol. The summed E-state index contributed by atoms with van der Waals surface area (Å²) in [6.45, 7) is 2.17. The van der Waals surface area contributed by atoms with Crippen molar-refractivity contribution in [3.63, 3.8) is 0 Å². The molecule has 1 aromatic carbocycles. The predicted molar refractivity (Wildman–Crippen MR) is 105 cm³/mol. The van der Waals surface area contributed by atoms with Gasteiger partial charge in [0.05, 0.1) is 12.3 Å². The average molecular weight is 385 g/mol. The van der Waals surface area contributed by atoms with Gasteiger partial charge in [-0.3, -0.25) is 4.79 Å². The summed E-state index contributed by atoms with van der Waals surface area (Å²) >= 11 is 0. The first-order chi connectivity index (χ1) is 13.4. The lowest BCUT2D eigenvalue weighted by Crippen LogP contribution is -2.31. The number of hydrogen-bond donors (Lipinski definition) is 3. The number of benzene rings is 1. The second-order valence-corrected chi connectivity index (χ2v) is 7.47. The van der Waals surface area contributed by atoms with Crippen molar-refractivity contribution in [2.75, 3.05) is 38.7 Å². The highest BCUT2D eigenvalue weighted by atomic mass is 16.5. The quantitative estimate of drug-likeness (QED) is 0.735. The van der Waals surface area contributed by atoms with E-state index in [9.17, 15) is 19.8 Å². The van der Waals surface area contributed by atoms with E-state index in [4.69, 9.17) is 4.74 Å². The van der Waals surface area contributed by atoms with Crippen LogP contribution >= 0.6 is 0 Å². The standard InChI is InChI=1S/C20H23N3O5/c1-22(2)12-5-7-23(10-12)11-3-4-13-15(9-11)28-8-6-14-17(13)21-19(25)16(18(14)24)20(26)27/h3-4,9,12H,5-8,10H2,1-2H3,(H,26,27)(H2,21,24,25). The third kappa shape index (κ3) is 2.99. The van der Waals surface area contributed by atoms with Gasteiger partial charge >= 0.3 is 5.97 Å². The van der Waals surface area contributed by atoms with Crippen molar-refractivity contribution in [1.82, 2.24) is 9.88 Å². The molecule has 2 aromatic rings. The van der Waals surface area contributed by atoms with Crippen LogP contribution in [0.25, 0.3) is 11.3 Å². The summed E-state index contributed by atoms with van der Waals surface area (Å²) in [4.78, 5) is 30.7. The van der Waals surface area contributed by atoms with Crippen molar-refractivity contribution in [1.29, 1.82) is 0 Å². The number of likely N-dealkylation sites (N-methyl/N-ethyl adjacent to an activating group) is 1. The van der Waals surface area contributed by atoms with E-state index in [0.29, 0.717) is 35.0 Å². The molecular formula is C20H23N3O5. The average Bonchev–Trinajstić information content (AvgIpc) is 3.06. The maximum absolute atomic E-state index is 12.2. The van der Waals surface area contributed by atoms with Gasteiger partial charge < -0.3 is 29.7 Å². The Bertz CT molecular complexity index is 998. The number of aromatic hydroxyl groups is 1. The zero-order valence-electron chi connectivity index (χ0n) is 15.9. The molecule has 4 rings (SSSR count). The maximum atomic E-state index is 12.2. The lowest BCUT2D eigenvalue weighted by atomic mass is 10.00. The van der Waals surface area contributed by atoms with Gasteiger partial charge in [0, 0.05) is 48.4 Å². The summed E-state index contributed by atoms with van der Waals surface area (Å²) in [6, 6.07) is 6.27. The number of carbonyl (C=O) groups is 1. The molecule has 0 spiro atoms. The molecule has 0 amide bonds. The van der Waals surface area contributed by atoms with Crippen LogP contribution in [-0.4, -0.2) is 65.9 Å². The molecule has 1 fully saturated rings. The van der Waals surface area contributed by atoms with E-state index in [-0.39, 0.29) is 6.61 Å². The predicted octanol–water partition coefficient (Wildman–Crippen LogP) is 1.52. The van der Waals surface area contributed by atoms with Gasteiger partial charge in [0.2, 0.25) is 0 Å². The second kappa shape index (κ2) is 6.87. The van der Waals surface area contributed by atoms with Crippen LogP contribution in [0.5, 0.6) is 11.5 Å². The molecule has 28 heavy (non-hydrogen) atoms. The Morgan fingerprint density at radius 2 is 2.14 bits per heavy atom. The highest BCUT2D eigenvalue weighted by Gasteiger charge is 2.28. The fourth-order valence-electron chi connectivity index (χ4n) is 3.99. The molecule has 2 aliphatic rings. The Balaban J connectivity index is 1.76. The fraction of sp³-hybridized carbons (Fsp3) is 0.400. The Morgan fingerprint density at radius 3 is 2.82 bits per heavy atom. The highest BCUT2D eigenvalue weighted by Crippen LogP contribution is 2.40. The number of aromatic nitrogens is 1. The van der Waals surface area contributed by atoms with Crippen LogP contribution in [0.1, 0.15) is 22.3 Å². The summed E-state index contributed by atoms with van der Waals surface area (Å²) in [7, 11) is 4.17. The molecule has 3 N–H and O–H groups in total. The molecule has 0 bridgehead atoms. The number of nitrogens with zero attached hydrogens (tertiary/aromatic N) is 2. The fourth-order valence-corrected chi connectivity index (χ4v) is 3.99. The lowest BCUT2D eigenvalue weighted by Gasteiger charge is -2.22. The van der Waals surface area contributed by atoms with Crippen LogP contribution in [0.15, 0.2) is 23.0 Å². The Morgan fingerprint density at radius 1 is 1.36 bits per heavy atom. The van der Waals surface area contributed by atoms with Crippen molar-refractivity contribution in [2.24, 2.45) is 0 Å². The van der Waals surface area contributed by atoms with Crippen LogP contribution in [0, 0.1) is 0 Å². The zero-order chi connectivity index (χ0) is 20.0. The van der Waals surface area contributed by atoms with Crippen LogP contribution in [0.2, 0.25) is 0 Å². The molecule has 148 valence electrons. The Hall–Kier alpha value is -3.00. The molecule has 3 heterocycles. The number of nitrogens with one attached hydrogen (secondary N) is 1. The van der Waals surface area contributed by atoms with E-state index in [2.05, 4.69) is 28.9 Å². The number of rotatable bonds is 3. The minimum absolute atomic E-state index is 0.280.